The summed E-state index contributed by atoms with van der Waals surface area (Å²) in [6.07, 6.45) is 1.56. The molecule has 2 amide bonds. The molecule has 0 aliphatic rings. The van der Waals surface area contributed by atoms with E-state index in [0.29, 0.717) is 6.42 Å². The van der Waals surface area contributed by atoms with Crippen LogP contribution in [0.3, 0.4) is 0 Å². The van der Waals surface area contributed by atoms with Gasteiger partial charge in [0.1, 0.15) is 12.6 Å². The number of hydrogen-bond donors (Lipinski definition) is 3. The third-order valence-electron chi connectivity index (χ3n) is 5.65. The lowest BCUT2D eigenvalue weighted by atomic mass is 10.0. The zero-order valence-electron chi connectivity index (χ0n) is 18.7. The Hall–Kier alpha value is -4.06. The topological polar surface area (TPSA) is 83.2 Å². The van der Waals surface area contributed by atoms with E-state index in [9.17, 15) is 9.59 Å². The molecule has 4 aromatic rings. The molecule has 0 radical (unpaired) electrons. The van der Waals surface area contributed by atoms with Crippen molar-refractivity contribution in [3.05, 3.63) is 101 Å². The van der Waals surface area contributed by atoms with Crippen LogP contribution in [0.1, 0.15) is 22.3 Å². The molecular weight excluding hydrogens is 414 g/mol. The van der Waals surface area contributed by atoms with Crippen LogP contribution in [0.15, 0.2) is 79.0 Å². The summed E-state index contributed by atoms with van der Waals surface area (Å²) in [4.78, 5) is 29.1. The SMILES string of the molecule is Cc1cccc(C)c1NC(=O)[C@@H](Cc1c[nH]c2ccccc12)NC(=O)OCc1ccccc1. The van der Waals surface area contributed by atoms with Gasteiger partial charge in [-0.3, -0.25) is 4.79 Å². The van der Waals surface area contributed by atoms with Gasteiger partial charge in [0.25, 0.3) is 0 Å². The van der Waals surface area contributed by atoms with E-state index in [1.54, 1.807) is 0 Å². The summed E-state index contributed by atoms with van der Waals surface area (Å²) in [6.45, 7) is 4.02. The van der Waals surface area contributed by atoms with E-state index in [0.717, 1.165) is 38.8 Å². The Labute approximate surface area is 193 Å². The number of fused-ring (bicyclic) bond motifs is 1. The average molecular weight is 442 g/mol. The van der Waals surface area contributed by atoms with Crippen LogP contribution in [0, 0.1) is 13.8 Å². The van der Waals surface area contributed by atoms with Crippen LogP contribution in [0.25, 0.3) is 10.9 Å². The molecule has 0 saturated heterocycles. The quantitative estimate of drug-likeness (QED) is 0.366. The van der Waals surface area contributed by atoms with Crippen LogP contribution in [-0.2, 0) is 22.6 Å². The second-order valence-electron chi connectivity index (χ2n) is 8.08. The van der Waals surface area contributed by atoms with Crippen LogP contribution in [0.2, 0.25) is 0 Å². The molecule has 0 aliphatic carbocycles. The second kappa shape index (κ2) is 10.0. The number of carbonyl (C=O) groups is 2. The monoisotopic (exact) mass is 441 g/mol. The lowest BCUT2D eigenvalue weighted by Crippen LogP contribution is -2.45. The number of benzene rings is 3. The van der Waals surface area contributed by atoms with E-state index in [4.69, 9.17) is 4.74 Å². The predicted molar refractivity (Wildman–Crippen MR) is 130 cm³/mol. The number of hydrogen-bond acceptors (Lipinski definition) is 3. The summed E-state index contributed by atoms with van der Waals surface area (Å²) in [7, 11) is 0. The fraction of sp³-hybridized carbons (Fsp3) is 0.185. The Kier molecular flexibility index (Phi) is 6.74. The number of nitrogens with one attached hydrogen (secondary N) is 3. The van der Waals surface area contributed by atoms with Crippen LogP contribution in [0.5, 0.6) is 0 Å². The van der Waals surface area contributed by atoms with Crippen LogP contribution in [-0.4, -0.2) is 23.0 Å². The number of carbonyl (C=O) groups excluding carboxylic acids is 2. The summed E-state index contributed by atoms with van der Waals surface area (Å²) in [5, 5.41) is 6.78. The predicted octanol–water partition coefficient (Wildman–Crippen LogP) is 5.26. The van der Waals surface area contributed by atoms with Gasteiger partial charge in [0.2, 0.25) is 5.91 Å². The first-order valence-corrected chi connectivity index (χ1v) is 10.9. The molecule has 0 spiro atoms. The van der Waals surface area contributed by atoms with Crippen molar-refractivity contribution in [2.75, 3.05) is 5.32 Å². The number of anilines is 1. The molecule has 6 heteroatoms. The highest BCUT2D eigenvalue weighted by Gasteiger charge is 2.24. The van der Waals surface area contributed by atoms with Crippen molar-refractivity contribution in [3.8, 4) is 0 Å². The van der Waals surface area contributed by atoms with Crippen molar-refractivity contribution in [1.82, 2.24) is 10.3 Å². The molecule has 4 rings (SSSR count). The average Bonchev–Trinajstić information content (AvgIpc) is 3.23. The Balaban J connectivity index is 1.53. The highest BCUT2D eigenvalue weighted by atomic mass is 16.5. The molecule has 0 fully saturated rings. The molecule has 168 valence electrons. The minimum absolute atomic E-state index is 0.130. The lowest BCUT2D eigenvalue weighted by molar-refractivity contribution is -0.118. The van der Waals surface area contributed by atoms with Crippen molar-refractivity contribution in [1.29, 1.82) is 0 Å². The van der Waals surface area contributed by atoms with Crippen molar-refractivity contribution in [2.45, 2.75) is 32.9 Å². The zero-order valence-corrected chi connectivity index (χ0v) is 18.7. The van der Waals surface area contributed by atoms with E-state index in [1.165, 1.54) is 0 Å². The Bertz CT molecular complexity index is 1240. The minimum Gasteiger partial charge on any atom is -0.445 e. The Morgan fingerprint density at radius 2 is 1.61 bits per heavy atom. The molecule has 0 unspecified atom stereocenters. The Morgan fingerprint density at radius 3 is 2.36 bits per heavy atom. The normalized spacial score (nSPS) is 11.7. The summed E-state index contributed by atoms with van der Waals surface area (Å²) >= 11 is 0. The molecule has 1 aromatic heterocycles. The lowest BCUT2D eigenvalue weighted by Gasteiger charge is -2.20. The first-order valence-electron chi connectivity index (χ1n) is 10.9. The zero-order chi connectivity index (χ0) is 23.2. The van der Waals surface area contributed by atoms with E-state index >= 15 is 0 Å². The molecule has 0 saturated carbocycles. The third-order valence-corrected chi connectivity index (χ3v) is 5.65. The number of rotatable bonds is 7. The number of aromatic amines is 1. The maximum absolute atomic E-state index is 13.3. The van der Waals surface area contributed by atoms with E-state index < -0.39 is 12.1 Å². The number of ether oxygens (including phenoxy) is 1. The third kappa shape index (κ3) is 5.41. The van der Waals surface area contributed by atoms with Gasteiger partial charge in [0.15, 0.2) is 0 Å². The van der Waals surface area contributed by atoms with Crippen LogP contribution >= 0.6 is 0 Å². The van der Waals surface area contributed by atoms with Gasteiger partial charge in [-0.1, -0.05) is 66.7 Å². The molecule has 3 N–H and O–H groups in total. The molecule has 0 aliphatic heterocycles. The van der Waals surface area contributed by atoms with Crippen molar-refractivity contribution in [3.63, 3.8) is 0 Å². The number of alkyl carbamates (subject to hydrolysis) is 1. The fourth-order valence-corrected chi connectivity index (χ4v) is 3.86. The highest BCUT2D eigenvalue weighted by Crippen LogP contribution is 2.22. The smallest absolute Gasteiger partial charge is 0.408 e. The van der Waals surface area contributed by atoms with E-state index in [1.807, 2.05) is 92.8 Å². The van der Waals surface area contributed by atoms with E-state index in [2.05, 4.69) is 15.6 Å². The van der Waals surface area contributed by atoms with Crippen molar-refractivity contribution in [2.24, 2.45) is 0 Å². The number of amides is 2. The van der Waals surface area contributed by atoms with Crippen LogP contribution in [0.4, 0.5) is 10.5 Å². The first-order chi connectivity index (χ1) is 16.0. The standard InChI is InChI=1S/C27H27N3O3/c1-18-9-8-10-19(2)25(18)30-26(31)24(15-21-16-28-23-14-7-6-13-22(21)23)29-27(32)33-17-20-11-4-3-5-12-20/h3-14,16,24,28H,15,17H2,1-2H3,(H,29,32)(H,30,31)/t24-/m1/s1. The highest BCUT2D eigenvalue weighted by molar-refractivity contribution is 5.98. The fourth-order valence-electron chi connectivity index (χ4n) is 3.86. The van der Waals surface area contributed by atoms with Gasteiger partial charge in [-0.05, 0) is 42.2 Å². The number of para-hydroxylation sites is 2. The summed E-state index contributed by atoms with van der Waals surface area (Å²) in [6, 6.07) is 22.3. The van der Waals surface area contributed by atoms with Gasteiger partial charge in [-0.15, -0.1) is 0 Å². The van der Waals surface area contributed by atoms with Gasteiger partial charge < -0.3 is 20.4 Å². The van der Waals surface area contributed by atoms with Crippen LogP contribution < -0.4 is 10.6 Å². The minimum atomic E-state index is -0.813. The van der Waals surface area contributed by atoms with E-state index in [-0.39, 0.29) is 12.5 Å². The van der Waals surface area contributed by atoms with Gasteiger partial charge in [-0.2, -0.15) is 0 Å². The van der Waals surface area contributed by atoms with Gasteiger partial charge in [0.05, 0.1) is 0 Å². The number of aromatic nitrogens is 1. The Morgan fingerprint density at radius 1 is 0.909 bits per heavy atom. The van der Waals surface area contributed by atoms with Gasteiger partial charge in [-0.25, -0.2) is 4.79 Å². The molecule has 33 heavy (non-hydrogen) atoms. The largest absolute Gasteiger partial charge is 0.445 e. The maximum atomic E-state index is 13.3. The summed E-state index contributed by atoms with van der Waals surface area (Å²) < 4.78 is 5.38. The van der Waals surface area contributed by atoms with Crippen molar-refractivity contribution < 1.29 is 14.3 Å². The molecule has 6 nitrogen and oxygen atoms in total. The van der Waals surface area contributed by atoms with Gasteiger partial charge in [0, 0.05) is 29.2 Å². The summed E-state index contributed by atoms with van der Waals surface area (Å²) in [5.74, 6) is -0.297. The molecule has 1 atom stereocenters. The molecular formula is C27H27N3O3. The summed E-state index contributed by atoms with van der Waals surface area (Å²) in [5.41, 5.74) is 5.47. The molecule has 3 aromatic carbocycles. The van der Waals surface area contributed by atoms with Crippen molar-refractivity contribution >= 4 is 28.6 Å². The number of H-pyrrole nitrogens is 1. The molecule has 0 bridgehead atoms. The number of aryl methyl sites for hydroxylation is 2. The molecule has 1 heterocycles. The maximum Gasteiger partial charge on any atom is 0.408 e. The van der Waals surface area contributed by atoms with Gasteiger partial charge >= 0.3 is 6.09 Å². The second-order valence-corrected chi connectivity index (χ2v) is 8.08. The first kappa shape index (κ1) is 22.1.